The van der Waals surface area contributed by atoms with Crippen LogP contribution in [0.2, 0.25) is 0 Å². The first-order valence-corrected chi connectivity index (χ1v) is 10.8. The number of urea groups is 1. The molecule has 0 saturated carbocycles. The van der Waals surface area contributed by atoms with E-state index in [2.05, 4.69) is 20.9 Å². The average molecular weight is 497 g/mol. The number of aromatic nitrogens is 1. The largest absolute Gasteiger partial charge is 0.419 e. The molecule has 8 nitrogen and oxygen atoms in total. The fourth-order valence-corrected chi connectivity index (χ4v) is 4.62. The Kier molecular flexibility index (Phi) is 6.18. The molecule has 4 N–H and O–H groups in total. The maximum Gasteiger partial charge on any atom is 0.419 e. The Hall–Kier alpha value is -3.29. The van der Waals surface area contributed by atoms with Gasteiger partial charge in [-0.2, -0.15) is 13.2 Å². The van der Waals surface area contributed by atoms with Crippen molar-refractivity contribution in [3.63, 3.8) is 0 Å². The fraction of sp³-hybridized carbons (Fsp3) is 0.286. The number of aliphatic hydroxyl groups excluding tert-OH is 1. The molecule has 4 rings (SSSR count). The van der Waals surface area contributed by atoms with Crippen molar-refractivity contribution in [2.45, 2.75) is 17.8 Å². The maximum atomic E-state index is 14.3. The van der Waals surface area contributed by atoms with Crippen LogP contribution in [0.4, 0.5) is 33.2 Å². The zero-order valence-electron chi connectivity index (χ0n) is 17.6. The number of aliphatic hydroxyl groups is 1. The molecular formula is C21H19F4N5O3S. The van der Waals surface area contributed by atoms with Crippen LogP contribution in [-0.2, 0) is 10.3 Å². The summed E-state index contributed by atoms with van der Waals surface area (Å²) in [6.07, 6.45) is -4.97. The molecule has 0 radical (unpaired) electrons. The second kappa shape index (κ2) is 8.81. The summed E-state index contributed by atoms with van der Waals surface area (Å²) >= 11 is 0.930. The second-order valence-electron chi connectivity index (χ2n) is 7.67. The van der Waals surface area contributed by atoms with Gasteiger partial charge in [0.25, 0.3) is 5.91 Å². The van der Waals surface area contributed by atoms with Crippen molar-refractivity contribution in [3.05, 3.63) is 53.8 Å². The van der Waals surface area contributed by atoms with Crippen LogP contribution in [-0.4, -0.2) is 59.3 Å². The van der Waals surface area contributed by atoms with Gasteiger partial charge in [-0.25, -0.2) is 14.2 Å². The van der Waals surface area contributed by atoms with Gasteiger partial charge in [0.15, 0.2) is 5.13 Å². The SMILES string of the molecule is CN1C(=O)[C@@](c2ccc3nc(NC(=O)Nc4ccc(F)cc4)sc3c2)(C(F)(F)F)NC[C@H]1CO. The third-order valence-electron chi connectivity index (χ3n) is 5.57. The number of likely N-dealkylation sites (N-methyl/N-ethyl adjacent to an activating group) is 1. The molecule has 0 spiro atoms. The number of piperazine rings is 1. The van der Waals surface area contributed by atoms with Crippen LogP contribution in [0.5, 0.6) is 0 Å². The highest BCUT2D eigenvalue weighted by atomic mass is 32.1. The van der Waals surface area contributed by atoms with Crippen molar-refractivity contribution in [1.82, 2.24) is 15.2 Å². The number of carbonyl (C=O) groups excluding carboxylic acids is 2. The van der Waals surface area contributed by atoms with E-state index < -0.39 is 42.1 Å². The van der Waals surface area contributed by atoms with Crippen molar-refractivity contribution in [2.75, 3.05) is 30.8 Å². The molecule has 2 atom stereocenters. The van der Waals surface area contributed by atoms with Gasteiger partial charge in [0.2, 0.25) is 5.54 Å². The summed E-state index contributed by atoms with van der Waals surface area (Å²) in [6, 6.07) is 7.33. The number of thiazole rings is 1. The number of amides is 3. The lowest BCUT2D eigenvalue weighted by atomic mass is 9.84. The standard InChI is InChI=1S/C21H19F4N5O3S/c1-30-14(10-31)9-26-20(17(30)32,21(23,24)25)11-2-7-15-16(8-11)34-19(28-15)29-18(33)27-13-5-3-12(22)4-6-13/h2-8,14,26,31H,9-10H2,1H3,(H2,27,28,29,33)/t14-,20-/m0/s1. The zero-order valence-corrected chi connectivity index (χ0v) is 18.4. The number of rotatable bonds is 4. The van der Waals surface area contributed by atoms with Crippen LogP contribution in [0.1, 0.15) is 5.56 Å². The average Bonchev–Trinajstić information content (AvgIpc) is 3.17. The van der Waals surface area contributed by atoms with E-state index >= 15 is 0 Å². The number of anilines is 2. The predicted octanol–water partition coefficient (Wildman–Crippen LogP) is 3.26. The van der Waals surface area contributed by atoms with E-state index in [-0.39, 0.29) is 17.2 Å². The lowest BCUT2D eigenvalue weighted by molar-refractivity contribution is -0.216. The van der Waals surface area contributed by atoms with Crippen LogP contribution < -0.4 is 16.0 Å². The van der Waals surface area contributed by atoms with Gasteiger partial charge in [-0.05, 0) is 42.0 Å². The van der Waals surface area contributed by atoms with Gasteiger partial charge in [-0.3, -0.25) is 15.4 Å². The number of nitrogens with one attached hydrogen (secondary N) is 3. The summed E-state index contributed by atoms with van der Waals surface area (Å²) in [5, 5.41) is 16.8. The summed E-state index contributed by atoms with van der Waals surface area (Å²) in [7, 11) is 1.22. The molecule has 1 aliphatic heterocycles. The zero-order chi connectivity index (χ0) is 24.7. The van der Waals surface area contributed by atoms with Gasteiger partial charge >= 0.3 is 12.2 Å². The van der Waals surface area contributed by atoms with Crippen LogP contribution in [0.25, 0.3) is 10.2 Å². The van der Waals surface area contributed by atoms with Gasteiger partial charge in [0.05, 0.1) is 22.9 Å². The lowest BCUT2D eigenvalue weighted by Crippen LogP contribution is -2.71. The highest BCUT2D eigenvalue weighted by Crippen LogP contribution is 2.43. The van der Waals surface area contributed by atoms with Crippen LogP contribution >= 0.6 is 11.3 Å². The Morgan fingerprint density at radius 1 is 1.26 bits per heavy atom. The van der Waals surface area contributed by atoms with Crippen LogP contribution in [0.15, 0.2) is 42.5 Å². The summed E-state index contributed by atoms with van der Waals surface area (Å²) in [6.45, 7) is -0.735. The normalized spacial score (nSPS) is 21.1. The van der Waals surface area contributed by atoms with Crippen molar-refractivity contribution < 1.29 is 32.3 Å². The van der Waals surface area contributed by atoms with E-state index in [1.165, 1.54) is 43.4 Å². The van der Waals surface area contributed by atoms with Gasteiger partial charge in [-0.15, -0.1) is 0 Å². The third kappa shape index (κ3) is 4.17. The summed E-state index contributed by atoms with van der Waals surface area (Å²) in [5.74, 6) is -1.69. The van der Waals surface area contributed by atoms with Crippen molar-refractivity contribution in [3.8, 4) is 0 Å². The van der Waals surface area contributed by atoms with E-state index in [9.17, 15) is 32.3 Å². The molecule has 0 aliphatic carbocycles. The van der Waals surface area contributed by atoms with Gasteiger partial charge in [0.1, 0.15) is 5.82 Å². The van der Waals surface area contributed by atoms with Crippen molar-refractivity contribution >= 4 is 44.3 Å². The first kappa shape index (κ1) is 23.9. The molecule has 1 saturated heterocycles. The van der Waals surface area contributed by atoms with Crippen LogP contribution in [0.3, 0.4) is 0 Å². The van der Waals surface area contributed by atoms with Crippen molar-refractivity contribution in [1.29, 1.82) is 0 Å². The molecule has 2 heterocycles. The minimum atomic E-state index is -4.97. The number of benzene rings is 2. The molecular weight excluding hydrogens is 478 g/mol. The summed E-state index contributed by atoms with van der Waals surface area (Å²) < 4.78 is 56.1. The number of hydrogen-bond donors (Lipinski definition) is 4. The number of alkyl halides is 3. The number of nitrogens with zero attached hydrogens (tertiary/aromatic N) is 2. The second-order valence-corrected chi connectivity index (χ2v) is 8.70. The lowest BCUT2D eigenvalue weighted by Gasteiger charge is -2.45. The quantitative estimate of drug-likeness (QED) is 0.414. The summed E-state index contributed by atoms with van der Waals surface area (Å²) in [4.78, 5) is 30.2. The topological polar surface area (TPSA) is 107 Å². The molecule has 1 fully saturated rings. The van der Waals surface area contributed by atoms with Gasteiger partial charge in [-0.1, -0.05) is 17.4 Å². The first-order valence-electron chi connectivity index (χ1n) is 9.99. The van der Waals surface area contributed by atoms with E-state index in [1.54, 1.807) is 0 Å². The Morgan fingerprint density at radius 2 is 1.97 bits per heavy atom. The monoisotopic (exact) mass is 497 g/mol. The maximum absolute atomic E-state index is 14.3. The van der Waals surface area contributed by atoms with E-state index in [1.807, 2.05) is 0 Å². The van der Waals surface area contributed by atoms with E-state index in [0.717, 1.165) is 22.3 Å². The van der Waals surface area contributed by atoms with E-state index in [0.29, 0.717) is 15.9 Å². The molecule has 34 heavy (non-hydrogen) atoms. The van der Waals surface area contributed by atoms with Gasteiger partial charge < -0.3 is 15.3 Å². The minimum Gasteiger partial charge on any atom is -0.394 e. The molecule has 1 aliphatic rings. The molecule has 13 heteroatoms. The number of carbonyl (C=O) groups is 2. The Balaban J connectivity index is 1.62. The van der Waals surface area contributed by atoms with E-state index in [4.69, 9.17) is 0 Å². The Labute approximate surface area is 194 Å². The number of halogens is 4. The Morgan fingerprint density at radius 3 is 2.62 bits per heavy atom. The van der Waals surface area contributed by atoms with Gasteiger partial charge in [0, 0.05) is 19.3 Å². The highest BCUT2D eigenvalue weighted by molar-refractivity contribution is 7.22. The van der Waals surface area contributed by atoms with Crippen molar-refractivity contribution in [2.24, 2.45) is 0 Å². The molecule has 2 aromatic carbocycles. The molecule has 0 bridgehead atoms. The minimum absolute atomic E-state index is 0.119. The smallest absolute Gasteiger partial charge is 0.394 e. The molecule has 3 amide bonds. The third-order valence-corrected chi connectivity index (χ3v) is 6.51. The molecule has 180 valence electrons. The molecule has 1 aromatic heterocycles. The Bertz CT molecular complexity index is 1230. The molecule has 0 unspecified atom stereocenters. The number of hydrogen-bond acceptors (Lipinski definition) is 6. The summed E-state index contributed by atoms with van der Waals surface area (Å²) in [5.41, 5.74) is -2.65. The van der Waals surface area contributed by atoms with Crippen LogP contribution in [0, 0.1) is 5.82 Å². The highest BCUT2D eigenvalue weighted by Gasteiger charge is 2.64. The predicted molar refractivity (Wildman–Crippen MR) is 118 cm³/mol. The molecule has 3 aromatic rings. The fourth-order valence-electron chi connectivity index (χ4n) is 3.72. The number of fused-ring (bicyclic) bond motifs is 1. The first-order chi connectivity index (χ1) is 16.0.